The first-order chi connectivity index (χ1) is 13.5. The van der Waals surface area contributed by atoms with Gasteiger partial charge in [0.25, 0.3) is 0 Å². The molecule has 0 saturated carbocycles. The van der Waals surface area contributed by atoms with Crippen molar-refractivity contribution in [3.8, 4) is 0 Å². The van der Waals surface area contributed by atoms with Gasteiger partial charge in [0, 0.05) is 38.1 Å². The maximum absolute atomic E-state index is 13.2. The average Bonchev–Trinajstić information content (AvgIpc) is 3.21. The molecule has 0 atom stereocenters. The van der Waals surface area contributed by atoms with Crippen LogP contribution < -0.4 is 0 Å². The fraction of sp³-hybridized carbons (Fsp3) is 0.429. The highest BCUT2D eigenvalue weighted by Gasteiger charge is 2.21. The molecule has 2 aromatic rings. The summed E-state index contributed by atoms with van der Waals surface area (Å²) >= 11 is 1.58. The van der Waals surface area contributed by atoms with Crippen molar-refractivity contribution in [1.29, 1.82) is 0 Å². The number of methoxy groups -OCH3 is 1. The Bertz CT molecular complexity index is 735. The smallest absolute Gasteiger partial charge is 0.242 e. The van der Waals surface area contributed by atoms with Gasteiger partial charge in [-0.1, -0.05) is 25.1 Å². The number of hydrogen-bond acceptors (Lipinski definition) is 4. The van der Waals surface area contributed by atoms with E-state index in [0.29, 0.717) is 39.1 Å². The highest BCUT2D eigenvalue weighted by atomic mass is 32.1. The highest BCUT2D eigenvalue weighted by Crippen LogP contribution is 2.16. The third-order valence-corrected chi connectivity index (χ3v) is 5.19. The molecule has 1 heterocycles. The first kappa shape index (κ1) is 22.0. The third-order valence-electron chi connectivity index (χ3n) is 4.32. The Morgan fingerprint density at radius 2 is 1.82 bits per heavy atom. The second-order valence-corrected chi connectivity index (χ2v) is 7.50. The van der Waals surface area contributed by atoms with Gasteiger partial charge in [0.05, 0.1) is 13.1 Å². The summed E-state index contributed by atoms with van der Waals surface area (Å²) in [6, 6.07) is 10.1. The largest absolute Gasteiger partial charge is 0.385 e. The number of rotatable bonds is 11. The minimum atomic E-state index is -0.308. The lowest BCUT2D eigenvalue weighted by molar-refractivity contribution is -0.141. The predicted molar refractivity (Wildman–Crippen MR) is 108 cm³/mol. The van der Waals surface area contributed by atoms with Crippen molar-refractivity contribution in [2.75, 3.05) is 26.8 Å². The van der Waals surface area contributed by atoms with Gasteiger partial charge in [-0.3, -0.25) is 9.59 Å². The minimum Gasteiger partial charge on any atom is -0.385 e. The van der Waals surface area contributed by atoms with Gasteiger partial charge in [-0.25, -0.2) is 4.39 Å². The Balaban J connectivity index is 2.11. The number of benzene rings is 1. The van der Waals surface area contributed by atoms with Gasteiger partial charge >= 0.3 is 0 Å². The van der Waals surface area contributed by atoms with Gasteiger partial charge in [0.1, 0.15) is 5.82 Å². The number of thiophene rings is 1. The van der Waals surface area contributed by atoms with E-state index in [4.69, 9.17) is 4.74 Å². The maximum atomic E-state index is 13.2. The number of nitrogens with zero attached hydrogens (tertiary/aromatic N) is 2. The van der Waals surface area contributed by atoms with Gasteiger partial charge in [-0.05, 0) is 35.6 Å². The molecule has 2 amide bonds. The van der Waals surface area contributed by atoms with E-state index in [1.807, 2.05) is 17.5 Å². The minimum absolute atomic E-state index is 0.0307. The monoisotopic (exact) mass is 406 g/mol. The summed E-state index contributed by atoms with van der Waals surface area (Å²) in [6.45, 7) is 3.66. The molecule has 1 aromatic heterocycles. The molecular weight excluding hydrogens is 379 g/mol. The molecule has 1 aromatic carbocycles. The Morgan fingerprint density at radius 1 is 1.07 bits per heavy atom. The third kappa shape index (κ3) is 7.05. The molecule has 0 saturated heterocycles. The lowest BCUT2D eigenvalue weighted by Gasteiger charge is -2.27. The normalized spacial score (nSPS) is 10.7. The van der Waals surface area contributed by atoms with Crippen LogP contribution in [0.3, 0.4) is 0 Å². The van der Waals surface area contributed by atoms with Crippen LogP contribution in [0, 0.1) is 5.82 Å². The lowest BCUT2D eigenvalue weighted by Crippen LogP contribution is -2.42. The standard InChI is InChI=1S/C21H27FN2O3S/c1-3-20(25)23(11-5-12-27-2)16-21(26)24(15-19-6-4-13-28-19)14-17-7-9-18(22)10-8-17/h4,6-10,13H,3,5,11-12,14-16H2,1-2H3. The van der Waals surface area contributed by atoms with Gasteiger partial charge in [-0.15, -0.1) is 11.3 Å². The fourth-order valence-corrected chi connectivity index (χ4v) is 3.53. The van der Waals surface area contributed by atoms with Crippen molar-refractivity contribution in [3.63, 3.8) is 0 Å². The van der Waals surface area contributed by atoms with Crippen molar-refractivity contribution in [2.45, 2.75) is 32.9 Å². The van der Waals surface area contributed by atoms with Crippen LogP contribution in [0.5, 0.6) is 0 Å². The summed E-state index contributed by atoms with van der Waals surface area (Å²) in [5.74, 6) is -0.489. The van der Waals surface area contributed by atoms with E-state index in [1.165, 1.54) is 12.1 Å². The number of ether oxygens (including phenoxy) is 1. The number of carbonyl (C=O) groups is 2. The molecule has 0 aliphatic carbocycles. The summed E-state index contributed by atoms with van der Waals surface area (Å²) in [5.41, 5.74) is 0.846. The molecule has 0 aliphatic heterocycles. The van der Waals surface area contributed by atoms with Crippen molar-refractivity contribution >= 4 is 23.2 Å². The van der Waals surface area contributed by atoms with Crippen molar-refractivity contribution in [1.82, 2.24) is 9.80 Å². The van der Waals surface area contributed by atoms with E-state index in [2.05, 4.69) is 0 Å². The zero-order chi connectivity index (χ0) is 20.4. The fourth-order valence-electron chi connectivity index (χ4n) is 2.81. The van der Waals surface area contributed by atoms with E-state index in [0.717, 1.165) is 10.4 Å². The molecule has 0 unspecified atom stereocenters. The van der Waals surface area contributed by atoms with Crippen LogP contribution in [0.1, 0.15) is 30.2 Å². The number of amides is 2. The van der Waals surface area contributed by atoms with Gasteiger partial charge < -0.3 is 14.5 Å². The zero-order valence-electron chi connectivity index (χ0n) is 16.4. The van der Waals surface area contributed by atoms with E-state index < -0.39 is 0 Å². The second-order valence-electron chi connectivity index (χ2n) is 6.47. The molecule has 152 valence electrons. The molecule has 0 radical (unpaired) electrons. The van der Waals surface area contributed by atoms with E-state index in [9.17, 15) is 14.0 Å². The highest BCUT2D eigenvalue weighted by molar-refractivity contribution is 7.09. The number of carbonyl (C=O) groups excluding carboxylic acids is 2. The topological polar surface area (TPSA) is 49.9 Å². The van der Waals surface area contributed by atoms with Crippen LogP contribution in [-0.4, -0.2) is 48.4 Å². The van der Waals surface area contributed by atoms with E-state index in [-0.39, 0.29) is 24.2 Å². The second kappa shape index (κ2) is 11.6. The molecule has 0 bridgehead atoms. The summed E-state index contributed by atoms with van der Waals surface area (Å²) < 4.78 is 18.3. The molecule has 5 nitrogen and oxygen atoms in total. The average molecular weight is 407 g/mol. The van der Waals surface area contributed by atoms with Crippen molar-refractivity contribution in [2.24, 2.45) is 0 Å². The summed E-state index contributed by atoms with van der Waals surface area (Å²) in [6.07, 6.45) is 1.03. The van der Waals surface area contributed by atoms with Crippen LogP contribution in [0.4, 0.5) is 4.39 Å². The Kier molecular flexibility index (Phi) is 9.10. The van der Waals surface area contributed by atoms with Crippen LogP contribution >= 0.6 is 11.3 Å². The molecule has 2 rings (SSSR count). The Labute approximate surface area is 169 Å². The maximum Gasteiger partial charge on any atom is 0.242 e. The molecular formula is C21H27FN2O3S. The quantitative estimate of drug-likeness (QED) is 0.535. The van der Waals surface area contributed by atoms with Gasteiger partial charge in [0.15, 0.2) is 0 Å². The van der Waals surface area contributed by atoms with E-state index in [1.54, 1.807) is 47.3 Å². The molecule has 0 spiro atoms. The summed E-state index contributed by atoms with van der Waals surface area (Å²) in [4.78, 5) is 29.7. The number of hydrogen-bond donors (Lipinski definition) is 0. The van der Waals surface area contributed by atoms with Gasteiger partial charge in [-0.2, -0.15) is 0 Å². The SMILES string of the molecule is CCC(=O)N(CCCOC)CC(=O)N(Cc1ccc(F)cc1)Cc1cccs1. The van der Waals surface area contributed by atoms with Crippen molar-refractivity contribution in [3.05, 3.63) is 58.0 Å². The lowest BCUT2D eigenvalue weighted by atomic mass is 10.2. The van der Waals surface area contributed by atoms with E-state index >= 15 is 0 Å². The molecule has 0 N–H and O–H groups in total. The molecule has 0 fully saturated rings. The van der Waals surface area contributed by atoms with Gasteiger partial charge in [0.2, 0.25) is 11.8 Å². The summed E-state index contributed by atoms with van der Waals surface area (Å²) in [5, 5.41) is 1.97. The Morgan fingerprint density at radius 3 is 2.43 bits per heavy atom. The van der Waals surface area contributed by atoms with Crippen LogP contribution in [0.25, 0.3) is 0 Å². The van der Waals surface area contributed by atoms with Crippen LogP contribution in [-0.2, 0) is 27.4 Å². The molecule has 28 heavy (non-hydrogen) atoms. The predicted octanol–water partition coefficient (Wildman–Crippen LogP) is 3.69. The van der Waals surface area contributed by atoms with Crippen molar-refractivity contribution < 1.29 is 18.7 Å². The number of halogens is 1. The zero-order valence-corrected chi connectivity index (χ0v) is 17.2. The van der Waals surface area contributed by atoms with Crippen LogP contribution in [0.15, 0.2) is 41.8 Å². The Hall–Kier alpha value is -2.25. The summed E-state index contributed by atoms with van der Waals surface area (Å²) in [7, 11) is 1.61. The molecule has 7 heteroatoms. The van der Waals surface area contributed by atoms with Crippen LogP contribution in [0.2, 0.25) is 0 Å². The first-order valence-corrected chi connectivity index (χ1v) is 10.2. The molecule has 0 aliphatic rings. The first-order valence-electron chi connectivity index (χ1n) is 9.34.